The summed E-state index contributed by atoms with van der Waals surface area (Å²) in [4.78, 5) is 60.8. The van der Waals surface area contributed by atoms with Gasteiger partial charge in [0, 0.05) is 23.4 Å². The Balaban J connectivity index is 1.24. The second-order valence-corrected chi connectivity index (χ2v) is 12.5. The fraction of sp³-hybridized carbons (Fsp3) is 0.571. The van der Waals surface area contributed by atoms with Gasteiger partial charge in [0.2, 0.25) is 11.1 Å². The van der Waals surface area contributed by atoms with Crippen molar-refractivity contribution >= 4 is 69.5 Å². The lowest BCUT2D eigenvalue weighted by Gasteiger charge is -2.53. The number of nitrogen functional groups attached to an aromatic ring is 1. The number of nitrogens with zero attached hydrogens (tertiary/aromatic N) is 7. The molecule has 3 atom stereocenters. The minimum atomic E-state index is -1.34. The van der Waals surface area contributed by atoms with Gasteiger partial charge in [-0.05, 0) is 36.1 Å². The highest BCUT2D eigenvalue weighted by Crippen LogP contribution is 2.44. The van der Waals surface area contributed by atoms with Crippen LogP contribution in [0.15, 0.2) is 15.7 Å². The number of carboxylic acids is 2. The van der Waals surface area contributed by atoms with Gasteiger partial charge < -0.3 is 31.0 Å². The van der Waals surface area contributed by atoms with Crippen molar-refractivity contribution in [2.24, 2.45) is 10.6 Å². The van der Waals surface area contributed by atoms with Gasteiger partial charge in [-0.3, -0.25) is 19.2 Å². The summed E-state index contributed by atoms with van der Waals surface area (Å²) in [5.74, 6) is -3.17. The third kappa shape index (κ3) is 5.71. The molecule has 2 unspecified atom stereocenters. The summed E-state index contributed by atoms with van der Waals surface area (Å²) in [5.41, 5.74) is 4.57. The second-order valence-electron chi connectivity index (χ2n) is 9.53. The zero-order chi connectivity index (χ0) is 28.4. The topological polar surface area (TPSA) is 228 Å². The Kier molecular flexibility index (Phi) is 8.13. The molecular weight excluding hydrogens is 586 g/mol. The zero-order valence-electron chi connectivity index (χ0n) is 20.8. The summed E-state index contributed by atoms with van der Waals surface area (Å²) in [6, 6.07) is -0.882. The first-order valence-electron chi connectivity index (χ1n) is 12.2. The molecule has 0 spiro atoms. The van der Waals surface area contributed by atoms with Gasteiger partial charge in [0.1, 0.15) is 35.2 Å². The third-order valence-corrected chi connectivity index (χ3v) is 10.2. The number of β-lactam (4-membered cyclic amide) rings is 1. The Labute approximate surface area is 239 Å². The van der Waals surface area contributed by atoms with Gasteiger partial charge in [-0.15, -0.1) is 28.2 Å². The zero-order valence-corrected chi connectivity index (χ0v) is 23.3. The number of carbonyl (C=O) groups is 4. The maximum absolute atomic E-state index is 13.2. The van der Waals surface area contributed by atoms with Crippen molar-refractivity contribution in [1.82, 2.24) is 35.4 Å². The van der Waals surface area contributed by atoms with Crippen LogP contribution in [0.1, 0.15) is 31.4 Å². The van der Waals surface area contributed by atoms with Crippen molar-refractivity contribution in [3.05, 3.63) is 11.1 Å². The van der Waals surface area contributed by atoms with E-state index in [0.29, 0.717) is 0 Å². The Hall–Kier alpha value is -3.45. The number of anilines is 1. The SMILES string of the molecule is Nc1nc(C(=NOC2CCCC2)C(=O)NC2C(=O)N3CC(CSc4nnnn4CC(=O)O)(C(=O)O)CS[C@H]23)cs1. The predicted octanol–water partition coefficient (Wildman–Crippen LogP) is -0.277. The number of aromatic nitrogens is 5. The van der Waals surface area contributed by atoms with Gasteiger partial charge >= 0.3 is 11.9 Å². The van der Waals surface area contributed by atoms with E-state index in [1.807, 2.05) is 0 Å². The molecule has 3 fully saturated rings. The number of carbonyl (C=O) groups excluding carboxylic acids is 2. The van der Waals surface area contributed by atoms with E-state index in [1.54, 1.807) is 5.38 Å². The Morgan fingerprint density at radius 1 is 1.30 bits per heavy atom. The number of amides is 2. The number of nitrogens with one attached hydrogen (secondary N) is 1. The van der Waals surface area contributed by atoms with E-state index in [0.717, 1.165) is 53.5 Å². The van der Waals surface area contributed by atoms with Crippen molar-refractivity contribution < 1.29 is 34.2 Å². The molecule has 1 aliphatic carbocycles. The summed E-state index contributed by atoms with van der Waals surface area (Å²) in [6.07, 6.45) is 3.62. The number of aliphatic carboxylic acids is 2. The van der Waals surface area contributed by atoms with Gasteiger partial charge in [-0.25, -0.2) is 9.67 Å². The number of thioether (sulfide) groups is 2. The highest BCUT2D eigenvalue weighted by molar-refractivity contribution is 8.00. The average Bonchev–Trinajstić information content (AvgIpc) is 3.69. The molecule has 214 valence electrons. The quantitative estimate of drug-likeness (QED) is 0.111. The maximum Gasteiger partial charge on any atom is 0.325 e. The maximum atomic E-state index is 13.2. The van der Waals surface area contributed by atoms with Gasteiger partial charge in [-0.2, -0.15) is 0 Å². The minimum Gasteiger partial charge on any atom is -0.481 e. The van der Waals surface area contributed by atoms with Gasteiger partial charge in [0.25, 0.3) is 5.91 Å². The lowest BCUT2D eigenvalue weighted by atomic mass is 9.89. The fourth-order valence-electron chi connectivity index (χ4n) is 4.57. The molecule has 3 aliphatic rings. The standard InChI is InChI=1S/C21H25N9O7S3/c22-19-23-11(6-38-19)13(26-37-10-3-1-2-4-10)15(33)24-14-16(34)29-7-21(18(35)36,8-39-17(14)29)9-40-20-25-27-28-30(20)5-12(31)32/h6,10,14,17H,1-5,7-9H2,(H2,22,23)(H,24,33)(H,31,32)(H,35,36)/t14?,17-,21?/m1/s1. The number of tetrazole rings is 1. The molecule has 4 heterocycles. The van der Waals surface area contributed by atoms with E-state index in [-0.39, 0.29) is 45.8 Å². The fourth-order valence-corrected chi connectivity index (χ4v) is 7.85. The molecule has 2 aromatic heterocycles. The normalized spacial score (nSPS) is 24.9. The number of rotatable bonds is 11. The predicted molar refractivity (Wildman–Crippen MR) is 143 cm³/mol. The van der Waals surface area contributed by atoms with Crippen LogP contribution in [0.4, 0.5) is 5.13 Å². The number of thiazole rings is 1. The number of carboxylic acid groups (broad SMARTS) is 2. The van der Waals surface area contributed by atoms with Crippen LogP contribution in [0.3, 0.4) is 0 Å². The second kappa shape index (κ2) is 11.6. The average molecular weight is 612 g/mol. The van der Waals surface area contributed by atoms with Crippen molar-refractivity contribution in [2.75, 3.05) is 23.8 Å². The van der Waals surface area contributed by atoms with E-state index < -0.39 is 47.1 Å². The van der Waals surface area contributed by atoms with Crippen LogP contribution in [0, 0.1) is 5.41 Å². The largest absolute Gasteiger partial charge is 0.481 e. The van der Waals surface area contributed by atoms with Crippen LogP contribution in [0.2, 0.25) is 0 Å². The summed E-state index contributed by atoms with van der Waals surface area (Å²) in [7, 11) is 0. The summed E-state index contributed by atoms with van der Waals surface area (Å²) >= 11 is 3.39. The monoisotopic (exact) mass is 611 g/mol. The van der Waals surface area contributed by atoms with E-state index in [2.05, 4.69) is 31.0 Å². The molecule has 2 saturated heterocycles. The molecule has 5 N–H and O–H groups in total. The number of hydrogen-bond donors (Lipinski definition) is 4. The molecule has 1 saturated carbocycles. The van der Waals surface area contributed by atoms with Crippen molar-refractivity contribution in [3.8, 4) is 0 Å². The Morgan fingerprint density at radius 3 is 2.75 bits per heavy atom. The third-order valence-electron chi connectivity index (χ3n) is 6.72. The lowest BCUT2D eigenvalue weighted by Crippen LogP contribution is -2.74. The number of fused-ring (bicyclic) bond motifs is 1. The summed E-state index contributed by atoms with van der Waals surface area (Å²) < 4.78 is 1.06. The first kappa shape index (κ1) is 28.1. The molecule has 2 aliphatic heterocycles. The van der Waals surface area contributed by atoms with Crippen LogP contribution in [-0.2, 0) is 30.6 Å². The molecule has 0 aromatic carbocycles. The van der Waals surface area contributed by atoms with E-state index in [9.17, 15) is 24.3 Å². The van der Waals surface area contributed by atoms with Crippen LogP contribution in [-0.4, -0.2) is 105 Å². The van der Waals surface area contributed by atoms with E-state index >= 15 is 0 Å². The first-order valence-corrected chi connectivity index (χ1v) is 15.1. The first-order chi connectivity index (χ1) is 19.2. The number of nitrogens with two attached hydrogens (primary N) is 1. The Bertz CT molecular complexity index is 1340. The molecule has 19 heteroatoms. The van der Waals surface area contributed by atoms with Crippen LogP contribution < -0.4 is 11.1 Å². The highest BCUT2D eigenvalue weighted by Gasteiger charge is 2.57. The molecule has 2 amide bonds. The number of hydrogen-bond acceptors (Lipinski definition) is 14. The van der Waals surface area contributed by atoms with Crippen molar-refractivity contribution in [1.29, 1.82) is 0 Å². The summed E-state index contributed by atoms with van der Waals surface area (Å²) in [5, 5.41) is 38.3. The molecule has 0 radical (unpaired) electrons. The minimum absolute atomic E-state index is 0.00338. The van der Waals surface area contributed by atoms with Crippen molar-refractivity contribution in [3.63, 3.8) is 0 Å². The van der Waals surface area contributed by atoms with Crippen LogP contribution >= 0.6 is 34.9 Å². The van der Waals surface area contributed by atoms with Gasteiger partial charge in [0.05, 0.1) is 0 Å². The highest BCUT2D eigenvalue weighted by atomic mass is 32.2. The van der Waals surface area contributed by atoms with Gasteiger partial charge in [-0.1, -0.05) is 16.9 Å². The Morgan fingerprint density at radius 2 is 2.08 bits per heavy atom. The van der Waals surface area contributed by atoms with Crippen LogP contribution in [0.25, 0.3) is 0 Å². The molecule has 16 nitrogen and oxygen atoms in total. The molecule has 2 aromatic rings. The molecular formula is C21H25N9O7S3. The van der Waals surface area contributed by atoms with E-state index in [4.69, 9.17) is 15.7 Å². The molecule has 0 bridgehead atoms. The van der Waals surface area contributed by atoms with E-state index in [1.165, 1.54) is 16.7 Å². The number of oxime groups is 1. The smallest absolute Gasteiger partial charge is 0.325 e. The molecule has 40 heavy (non-hydrogen) atoms. The lowest BCUT2D eigenvalue weighted by molar-refractivity contribution is -0.157. The van der Waals surface area contributed by atoms with Gasteiger partial charge in [0.15, 0.2) is 10.8 Å². The van der Waals surface area contributed by atoms with Crippen molar-refractivity contribution in [2.45, 2.75) is 54.9 Å². The summed E-state index contributed by atoms with van der Waals surface area (Å²) in [6.45, 7) is -0.560. The van der Waals surface area contributed by atoms with Crippen LogP contribution in [0.5, 0.6) is 0 Å². The molecule has 5 rings (SSSR count).